The third-order valence-electron chi connectivity index (χ3n) is 4.54. The molecule has 0 saturated carbocycles. The molecule has 0 unspecified atom stereocenters. The molecule has 140 valence electrons. The minimum absolute atomic E-state index is 0.00161. The molecule has 0 fully saturated rings. The zero-order valence-corrected chi connectivity index (χ0v) is 16.8. The van der Waals surface area contributed by atoms with Gasteiger partial charge in [-0.25, -0.2) is 8.78 Å². The number of allylic oxidation sites excluding steroid dienone is 8. The van der Waals surface area contributed by atoms with E-state index in [2.05, 4.69) is 13.2 Å². The predicted octanol–water partition coefficient (Wildman–Crippen LogP) is 7.86. The van der Waals surface area contributed by atoms with Gasteiger partial charge in [-0.2, -0.15) is 0 Å². The molecular formula is C24H30F2. The zero-order chi connectivity index (χ0) is 20.1. The SMILES string of the molecule is C=C/C(C(=C)c1ccccc1C(F)(F)C(C)(C)C)=C(C)/C=C\C(C)=C/C. The highest BCUT2D eigenvalue weighted by atomic mass is 19.3. The fourth-order valence-corrected chi connectivity index (χ4v) is 2.53. The van der Waals surface area contributed by atoms with Gasteiger partial charge in [0.25, 0.3) is 5.92 Å². The van der Waals surface area contributed by atoms with E-state index < -0.39 is 11.3 Å². The summed E-state index contributed by atoms with van der Waals surface area (Å²) >= 11 is 0. The monoisotopic (exact) mass is 356 g/mol. The van der Waals surface area contributed by atoms with Crippen molar-refractivity contribution in [2.45, 2.75) is 47.5 Å². The molecule has 0 atom stereocenters. The molecule has 0 nitrogen and oxygen atoms in total. The van der Waals surface area contributed by atoms with E-state index in [0.717, 1.165) is 16.7 Å². The van der Waals surface area contributed by atoms with Crippen molar-refractivity contribution >= 4 is 5.57 Å². The summed E-state index contributed by atoms with van der Waals surface area (Å²) in [5.41, 5.74) is 2.63. The van der Waals surface area contributed by atoms with Crippen LogP contribution in [0.5, 0.6) is 0 Å². The van der Waals surface area contributed by atoms with Crippen molar-refractivity contribution in [1.82, 2.24) is 0 Å². The topological polar surface area (TPSA) is 0 Å². The van der Waals surface area contributed by atoms with Gasteiger partial charge in [0.15, 0.2) is 0 Å². The highest BCUT2D eigenvalue weighted by Crippen LogP contribution is 2.47. The molecule has 0 aliphatic heterocycles. The van der Waals surface area contributed by atoms with E-state index in [1.807, 2.05) is 39.0 Å². The van der Waals surface area contributed by atoms with Crippen LogP contribution in [0.25, 0.3) is 5.57 Å². The van der Waals surface area contributed by atoms with Crippen LogP contribution in [0.2, 0.25) is 0 Å². The highest BCUT2D eigenvalue weighted by molar-refractivity contribution is 5.83. The van der Waals surface area contributed by atoms with Crippen molar-refractivity contribution < 1.29 is 8.78 Å². The molecule has 0 aliphatic rings. The van der Waals surface area contributed by atoms with E-state index >= 15 is 8.78 Å². The van der Waals surface area contributed by atoms with Crippen LogP contribution in [0.3, 0.4) is 0 Å². The van der Waals surface area contributed by atoms with E-state index in [1.54, 1.807) is 45.0 Å². The Balaban J connectivity index is 3.50. The summed E-state index contributed by atoms with van der Waals surface area (Å²) in [5, 5.41) is 0. The van der Waals surface area contributed by atoms with E-state index in [9.17, 15) is 0 Å². The van der Waals surface area contributed by atoms with Crippen LogP contribution in [-0.4, -0.2) is 0 Å². The molecule has 0 saturated heterocycles. The first-order valence-electron chi connectivity index (χ1n) is 8.78. The summed E-state index contributed by atoms with van der Waals surface area (Å²) < 4.78 is 30.1. The van der Waals surface area contributed by atoms with Gasteiger partial charge < -0.3 is 0 Å². The standard InChI is InChI=1S/C24H30F2/c1-9-17(3)15-16-18(4)20(10-2)19(5)21-13-11-12-14-22(21)24(25,26)23(6,7)8/h9-16H,2,5H2,1,3-4,6-8H3/b16-15-,17-9-,20-18-. The van der Waals surface area contributed by atoms with Gasteiger partial charge in [0.05, 0.1) is 0 Å². The minimum atomic E-state index is -2.98. The summed E-state index contributed by atoms with van der Waals surface area (Å²) in [7, 11) is 0. The molecular weight excluding hydrogens is 326 g/mol. The van der Waals surface area contributed by atoms with Crippen LogP contribution < -0.4 is 0 Å². The first-order chi connectivity index (χ1) is 12.0. The Hall–Kier alpha value is -2.22. The molecule has 0 aromatic heterocycles. The molecule has 1 aromatic rings. The van der Waals surface area contributed by atoms with E-state index in [1.165, 1.54) is 6.07 Å². The lowest BCUT2D eigenvalue weighted by Gasteiger charge is -2.32. The van der Waals surface area contributed by atoms with Crippen LogP contribution in [0.15, 0.2) is 78.4 Å². The van der Waals surface area contributed by atoms with Crippen molar-refractivity contribution in [2.24, 2.45) is 5.41 Å². The number of alkyl halides is 2. The normalized spacial score (nSPS) is 14.4. The summed E-state index contributed by atoms with van der Waals surface area (Å²) in [6, 6.07) is 6.60. The van der Waals surface area contributed by atoms with Gasteiger partial charge in [0.1, 0.15) is 0 Å². The maximum Gasteiger partial charge on any atom is 0.278 e. The van der Waals surface area contributed by atoms with Gasteiger partial charge in [-0.15, -0.1) is 0 Å². The molecule has 0 heterocycles. The molecule has 0 radical (unpaired) electrons. The van der Waals surface area contributed by atoms with Gasteiger partial charge in [0.2, 0.25) is 0 Å². The summed E-state index contributed by atoms with van der Waals surface area (Å²) in [6.45, 7) is 18.5. The second-order valence-electron chi connectivity index (χ2n) is 7.52. The Kier molecular flexibility index (Phi) is 7.08. The van der Waals surface area contributed by atoms with Crippen LogP contribution in [0.4, 0.5) is 8.78 Å². The average molecular weight is 357 g/mol. The maximum atomic E-state index is 15.0. The van der Waals surface area contributed by atoms with E-state index in [-0.39, 0.29) is 5.56 Å². The van der Waals surface area contributed by atoms with Gasteiger partial charge in [-0.05, 0) is 43.1 Å². The second kappa shape index (κ2) is 8.44. The molecule has 1 rings (SSSR count). The van der Waals surface area contributed by atoms with Crippen molar-refractivity contribution in [2.75, 3.05) is 0 Å². The quantitative estimate of drug-likeness (QED) is 0.455. The first kappa shape index (κ1) is 21.8. The fraction of sp³-hybridized carbons (Fsp3) is 0.333. The molecule has 2 heteroatoms. The number of hydrogen-bond donors (Lipinski definition) is 0. The van der Waals surface area contributed by atoms with Crippen LogP contribution in [0.1, 0.15) is 52.7 Å². The molecule has 26 heavy (non-hydrogen) atoms. The number of rotatable bonds is 6. The third-order valence-corrected chi connectivity index (χ3v) is 4.54. The molecule has 0 spiro atoms. The molecule has 0 bridgehead atoms. The zero-order valence-electron chi connectivity index (χ0n) is 16.8. The van der Waals surface area contributed by atoms with Crippen LogP contribution >= 0.6 is 0 Å². The Morgan fingerprint density at radius 1 is 1.04 bits per heavy atom. The average Bonchev–Trinajstić information content (AvgIpc) is 2.59. The van der Waals surface area contributed by atoms with Crippen molar-refractivity contribution in [3.63, 3.8) is 0 Å². The van der Waals surface area contributed by atoms with Gasteiger partial charge in [0, 0.05) is 11.0 Å². The van der Waals surface area contributed by atoms with E-state index in [0.29, 0.717) is 11.1 Å². The van der Waals surface area contributed by atoms with Gasteiger partial charge in [-0.1, -0.05) is 88.1 Å². The molecule has 1 aromatic carbocycles. The summed E-state index contributed by atoms with van der Waals surface area (Å²) in [6.07, 6.45) is 7.63. The Morgan fingerprint density at radius 3 is 2.12 bits per heavy atom. The number of hydrogen-bond acceptors (Lipinski definition) is 0. The smallest absolute Gasteiger partial charge is 0.201 e. The number of halogens is 2. The Morgan fingerprint density at radius 2 is 1.62 bits per heavy atom. The maximum absolute atomic E-state index is 15.0. The van der Waals surface area contributed by atoms with E-state index in [4.69, 9.17) is 0 Å². The summed E-state index contributed by atoms with van der Waals surface area (Å²) in [4.78, 5) is 0. The van der Waals surface area contributed by atoms with Crippen molar-refractivity contribution in [3.05, 3.63) is 89.6 Å². The molecule has 0 N–H and O–H groups in total. The summed E-state index contributed by atoms with van der Waals surface area (Å²) in [5.74, 6) is -2.98. The van der Waals surface area contributed by atoms with Crippen molar-refractivity contribution in [1.29, 1.82) is 0 Å². The Labute approximate surface area is 157 Å². The molecule has 0 aliphatic carbocycles. The fourth-order valence-electron chi connectivity index (χ4n) is 2.53. The number of benzene rings is 1. The minimum Gasteiger partial charge on any atom is -0.201 e. The van der Waals surface area contributed by atoms with Crippen LogP contribution in [0, 0.1) is 5.41 Å². The second-order valence-corrected chi connectivity index (χ2v) is 7.52. The Bertz CT molecular complexity index is 766. The van der Waals surface area contributed by atoms with Crippen molar-refractivity contribution in [3.8, 4) is 0 Å². The largest absolute Gasteiger partial charge is 0.278 e. The predicted molar refractivity (Wildman–Crippen MR) is 110 cm³/mol. The van der Waals surface area contributed by atoms with Gasteiger partial charge in [-0.3, -0.25) is 0 Å². The first-order valence-corrected chi connectivity index (χ1v) is 8.78. The lowest BCUT2D eigenvalue weighted by atomic mass is 9.79. The van der Waals surface area contributed by atoms with Gasteiger partial charge >= 0.3 is 0 Å². The van der Waals surface area contributed by atoms with Crippen LogP contribution in [-0.2, 0) is 5.92 Å². The lowest BCUT2D eigenvalue weighted by molar-refractivity contribution is -0.104. The third kappa shape index (κ3) is 4.69. The lowest BCUT2D eigenvalue weighted by Crippen LogP contribution is -2.32. The molecule has 0 amide bonds. The highest BCUT2D eigenvalue weighted by Gasteiger charge is 2.46.